The summed E-state index contributed by atoms with van der Waals surface area (Å²) in [5.41, 5.74) is 5.74. The van der Waals surface area contributed by atoms with Crippen molar-refractivity contribution in [1.82, 2.24) is 9.97 Å². The van der Waals surface area contributed by atoms with Gasteiger partial charge in [0.05, 0.1) is 18.0 Å². The number of ether oxygens (including phenoxy) is 3. The van der Waals surface area contributed by atoms with E-state index < -0.39 is 11.9 Å². The molecular weight excluding hydrogens is 426 g/mol. The standard InChI is InChI=1S/C21H18ClN3O6/c1-29-17-8-12(2-6-16(17)30-10-18(23)26)3-7-20(27)31-11-19-24-15-9-13(22)4-5-14(15)21(28)25-19/h2-9H,10-11H2,1H3,(H2,23,26)(H,24,25,28)/b7-3+. The highest BCUT2D eigenvalue weighted by molar-refractivity contribution is 6.31. The van der Waals surface area contributed by atoms with E-state index in [4.69, 9.17) is 31.5 Å². The Kier molecular flexibility index (Phi) is 6.88. The van der Waals surface area contributed by atoms with Crippen LogP contribution in [0.1, 0.15) is 11.4 Å². The second-order valence-electron chi connectivity index (χ2n) is 6.28. The summed E-state index contributed by atoms with van der Waals surface area (Å²) in [6.45, 7) is -0.501. The van der Waals surface area contributed by atoms with E-state index in [0.717, 1.165) is 0 Å². The van der Waals surface area contributed by atoms with E-state index >= 15 is 0 Å². The Morgan fingerprint density at radius 1 is 1.19 bits per heavy atom. The van der Waals surface area contributed by atoms with Gasteiger partial charge in [-0.15, -0.1) is 0 Å². The molecule has 10 heteroatoms. The summed E-state index contributed by atoms with van der Waals surface area (Å²) in [6, 6.07) is 9.58. The Balaban J connectivity index is 1.65. The maximum absolute atomic E-state index is 12.1. The molecule has 0 unspecified atom stereocenters. The highest BCUT2D eigenvalue weighted by atomic mass is 35.5. The number of methoxy groups -OCH3 is 1. The number of amides is 1. The molecule has 0 saturated carbocycles. The third-order valence-electron chi connectivity index (χ3n) is 4.04. The van der Waals surface area contributed by atoms with Crippen LogP contribution in [0.25, 0.3) is 17.0 Å². The summed E-state index contributed by atoms with van der Waals surface area (Å²) in [7, 11) is 1.44. The molecule has 0 saturated heterocycles. The molecule has 0 radical (unpaired) electrons. The van der Waals surface area contributed by atoms with Crippen LogP contribution in [0.2, 0.25) is 5.02 Å². The van der Waals surface area contributed by atoms with Gasteiger partial charge in [0, 0.05) is 11.1 Å². The zero-order valence-electron chi connectivity index (χ0n) is 16.4. The van der Waals surface area contributed by atoms with Crippen LogP contribution in [-0.2, 0) is 20.9 Å². The van der Waals surface area contributed by atoms with Gasteiger partial charge in [0.2, 0.25) is 0 Å². The van der Waals surface area contributed by atoms with Crippen molar-refractivity contribution >= 4 is 40.5 Å². The summed E-state index contributed by atoms with van der Waals surface area (Å²) in [5, 5.41) is 0.828. The molecular formula is C21H18ClN3O6. The highest BCUT2D eigenvalue weighted by Gasteiger charge is 2.08. The van der Waals surface area contributed by atoms with Crippen LogP contribution >= 0.6 is 11.6 Å². The monoisotopic (exact) mass is 443 g/mol. The fourth-order valence-electron chi connectivity index (χ4n) is 2.64. The van der Waals surface area contributed by atoms with E-state index in [1.165, 1.54) is 19.3 Å². The maximum atomic E-state index is 12.1. The number of aromatic amines is 1. The number of fused-ring (bicyclic) bond motifs is 1. The molecule has 0 fully saturated rings. The summed E-state index contributed by atoms with van der Waals surface area (Å²) in [4.78, 5) is 41.8. The number of carbonyl (C=O) groups is 2. The fraction of sp³-hybridized carbons (Fsp3) is 0.143. The number of esters is 1. The number of nitrogens with zero attached hydrogens (tertiary/aromatic N) is 1. The Hall–Kier alpha value is -3.85. The van der Waals surface area contributed by atoms with E-state index in [1.807, 2.05) is 0 Å². The first kappa shape index (κ1) is 21.8. The summed E-state index contributed by atoms with van der Waals surface area (Å²) < 4.78 is 15.6. The number of nitrogens with one attached hydrogen (secondary N) is 1. The molecule has 0 aliphatic carbocycles. The first-order chi connectivity index (χ1) is 14.9. The van der Waals surface area contributed by atoms with Crippen molar-refractivity contribution in [3.63, 3.8) is 0 Å². The molecule has 0 bridgehead atoms. The van der Waals surface area contributed by atoms with Crippen molar-refractivity contribution in [1.29, 1.82) is 0 Å². The van der Waals surface area contributed by atoms with Crippen molar-refractivity contribution in [2.75, 3.05) is 13.7 Å². The third kappa shape index (κ3) is 5.83. The number of hydrogen-bond donors (Lipinski definition) is 2. The number of H-pyrrole nitrogens is 1. The second-order valence-corrected chi connectivity index (χ2v) is 6.72. The smallest absolute Gasteiger partial charge is 0.331 e. The Morgan fingerprint density at radius 2 is 2.00 bits per heavy atom. The molecule has 2 aromatic carbocycles. The van der Waals surface area contributed by atoms with Gasteiger partial charge in [-0.3, -0.25) is 9.59 Å². The molecule has 31 heavy (non-hydrogen) atoms. The summed E-state index contributed by atoms with van der Waals surface area (Å²) in [6.07, 6.45) is 2.73. The molecule has 9 nitrogen and oxygen atoms in total. The second kappa shape index (κ2) is 9.77. The maximum Gasteiger partial charge on any atom is 0.331 e. The molecule has 1 amide bonds. The SMILES string of the molecule is COc1cc(/C=C/C(=O)OCc2nc3cc(Cl)ccc3c(=O)[nH]2)ccc1OCC(N)=O. The van der Waals surface area contributed by atoms with Gasteiger partial charge in [-0.2, -0.15) is 0 Å². The van der Waals surface area contributed by atoms with Gasteiger partial charge in [0.25, 0.3) is 11.5 Å². The first-order valence-corrected chi connectivity index (χ1v) is 9.36. The lowest BCUT2D eigenvalue weighted by Crippen LogP contribution is -2.20. The van der Waals surface area contributed by atoms with Crippen LogP contribution in [0.15, 0.2) is 47.3 Å². The van der Waals surface area contributed by atoms with Gasteiger partial charge in [-0.25, -0.2) is 9.78 Å². The predicted molar refractivity (Wildman–Crippen MR) is 114 cm³/mol. The Bertz CT molecular complexity index is 1220. The minimum Gasteiger partial charge on any atom is -0.493 e. The van der Waals surface area contributed by atoms with Crippen molar-refractivity contribution in [3.8, 4) is 11.5 Å². The molecule has 1 aromatic heterocycles. The van der Waals surface area contributed by atoms with Gasteiger partial charge in [0.1, 0.15) is 12.4 Å². The zero-order valence-corrected chi connectivity index (χ0v) is 17.1. The molecule has 0 aliphatic heterocycles. The molecule has 3 N–H and O–H groups in total. The first-order valence-electron chi connectivity index (χ1n) is 8.98. The van der Waals surface area contributed by atoms with Crippen LogP contribution < -0.4 is 20.8 Å². The predicted octanol–water partition coefficient (Wildman–Crippen LogP) is 2.21. The van der Waals surface area contributed by atoms with Crippen LogP contribution in [0.4, 0.5) is 0 Å². The van der Waals surface area contributed by atoms with Crippen LogP contribution in [-0.4, -0.2) is 35.6 Å². The molecule has 3 aromatic rings. The zero-order chi connectivity index (χ0) is 22.4. The van der Waals surface area contributed by atoms with E-state index in [0.29, 0.717) is 33.0 Å². The third-order valence-corrected chi connectivity index (χ3v) is 4.27. The number of primary amides is 1. The number of halogens is 1. The number of rotatable bonds is 8. The lowest BCUT2D eigenvalue weighted by molar-refractivity contribution is -0.139. The Morgan fingerprint density at radius 3 is 2.74 bits per heavy atom. The number of nitrogens with two attached hydrogens (primary N) is 1. The lowest BCUT2D eigenvalue weighted by atomic mass is 10.2. The molecule has 0 spiro atoms. The van der Waals surface area contributed by atoms with Crippen molar-refractivity contribution in [3.05, 3.63) is 69.2 Å². The van der Waals surface area contributed by atoms with Crippen molar-refractivity contribution < 1.29 is 23.8 Å². The normalized spacial score (nSPS) is 10.9. The number of benzene rings is 2. The number of aromatic nitrogens is 2. The highest BCUT2D eigenvalue weighted by Crippen LogP contribution is 2.28. The van der Waals surface area contributed by atoms with Gasteiger partial charge < -0.3 is 24.9 Å². The van der Waals surface area contributed by atoms with Crippen LogP contribution in [0, 0.1) is 0 Å². The lowest BCUT2D eigenvalue weighted by Gasteiger charge is -2.09. The quantitative estimate of drug-likeness (QED) is 0.402. The average Bonchev–Trinajstić information content (AvgIpc) is 2.74. The van der Waals surface area contributed by atoms with Gasteiger partial charge in [-0.1, -0.05) is 17.7 Å². The van der Waals surface area contributed by atoms with E-state index in [2.05, 4.69) is 9.97 Å². The van der Waals surface area contributed by atoms with Crippen molar-refractivity contribution in [2.24, 2.45) is 5.73 Å². The fourth-order valence-corrected chi connectivity index (χ4v) is 2.80. The number of hydrogen-bond acceptors (Lipinski definition) is 7. The van der Waals surface area contributed by atoms with E-state index in [-0.39, 0.29) is 24.6 Å². The minimum atomic E-state index is -0.637. The topological polar surface area (TPSA) is 134 Å². The minimum absolute atomic E-state index is 0.194. The molecule has 1 heterocycles. The Labute approximate surface area is 181 Å². The number of carbonyl (C=O) groups excluding carboxylic acids is 2. The molecule has 3 rings (SSSR count). The van der Waals surface area contributed by atoms with Crippen LogP contribution in [0.5, 0.6) is 11.5 Å². The van der Waals surface area contributed by atoms with Gasteiger partial charge >= 0.3 is 5.97 Å². The molecule has 0 atom stereocenters. The van der Waals surface area contributed by atoms with E-state index in [1.54, 1.807) is 36.4 Å². The van der Waals surface area contributed by atoms with Crippen molar-refractivity contribution in [2.45, 2.75) is 6.61 Å². The average molecular weight is 444 g/mol. The van der Waals surface area contributed by atoms with Gasteiger partial charge in [-0.05, 0) is 42.0 Å². The van der Waals surface area contributed by atoms with Gasteiger partial charge in [0.15, 0.2) is 18.1 Å². The largest absolute Gasteiger partial charge is 0.493 e. The van der Waals surface area contributed by atoms with E-state index in [9.17, 15) is 14.4 Å². The molecule has 160 valence electrons. The summed E-state index contributed by atoms with van der Waals surface area (Å²) in [5.74, 6) is -0.346. The molecule has 0 aliphatic rings. The van der Waals surface area contributed by atoms with Crippen LogP contribution in [0.3, 0.4) is 0 Å². The summed E-state index contributed by atoms with van der Waals surface area (Å²) >= 11 is 5.93.